The summed E-state index contributed by atoms with van der Waals surface area (Å²) < 4.78 is 9.68. The summed E-state index contributed by atoms with van der Waals surface area (Å²) >= 11 is 0. The number of esters is 2. The minimum Gasteiger partial charge on any atom is -0.469 e. The van der Waals surface area contributed by atoms with Crippen LogP contribution in [0.4, 0.5) is 0 Å². The zero-order chi connectivity index (χ0) is 18.8. The lowest BCUT2D eigenvalue weighted by atomic mass is 10.1. The largest absolute Gasteiger partial charge is 0.469 e. The lowest BCUT2D eigenvalue weighted by Crippen LogP contribution is -2.34. The van der Waals surface area contributed by atoms with Crippen LogP contribution in [0.25, 0.3) is 0 Å². The van der Waals surface area contributed by atoms with Gasteiger partial charge in [0.05, 0.1) is 26.7 Å². The predicted octanol–water partition coefficient (Wildman–Crippen LogP) is 4.34. The number of methoxy groups -OCH3 is 1. The van der Waals surface area contributed by atoms with Gasteiger partial charge in [-0.3, -0.25) is 14.5 Å². The molecule has 0 aliphatic heterocycles. The molecule has 0 radical (unpaired) electrons. The van der Waals surface area contributed by atoms with E-state index in [2.05, 4.69) is 11.7 Å². The molecule has 25 heavy (non-hydrogen) atoms. The lowest BCUT2D eigenvalue weighted by molar-refractivity contribution is -0.146. The van der Waals surface area contributed by atoms with Crippen LogP contribution >= 0.6 is 0 Å². The minimum absolute atomic E-state index is 0.223. The van der Waals surface area contributed by atoms with E-state index < -0.39 is 0 Å². The second-order valence-electron chi connectivity index (χ2n) is 6.59. The highest BCUT2D eigenvalue weighted by atomic mass is 16.5. The van der Waals surface area contributed by atoms with E-state index in [-0.39, 0.29) is 18.5 Å². The summed E-state index contributed by atoms with van der Waals surface area (Å²) in [6.45, 7) is 6.06. The first-order valence-electron chi connectivity index (χ1n) is 10.1. The molecular weight excluding hydrogens is 318 g/mol. The zero-order valence-corrected chi connectivity index (χ0v) is 16.7. The first kappa shape index (κ1) is 23.9. The molecule has 0 bridgehead atoms. The highest BCUT2D eigenvalue weighted by Gasteiger charge is 2.13. The highest BCUT2D eigenvalue weighted by molar-refractivity contribution is 5.72. The van der Waals surface area contributed by atoms with Gasteiger partial charge in [0.15, 0.2) is 0 Å². The fourth-order valence-corrected chi connectivity index (χ4v) is 2.83. The topological polar surface area (TPSA) is 55.8 Å². The molecule has 0 fully saturated rings. The van der Waals surface area contributed by atoms with Crippen molar-refractivity contribution in [1.82, 2.24) is 4.90 Å². The molecule has 0 atom stereocenters. The summed E-state index contributed by atoms with van der Waals surface area (Å²) in [4.78, 5) is 25.0. The number of unbranched alkanes of at least 4 members (excludes halogenated alkanes) is 9. The van der Waals surface area contributed by atoms with Crippen LogP contribution in [0, 0.1) is 0 Å². The zero-order valence-electron chi connectivity index (χ0n) is 16.7. The molecule has 0 saturated heterocycles. The number of hydrogen-bond acceptors (Lipinski definition) is 5. The van der Waals surface area contributed by atoms with Crippen molar-refractivity contribution in [3.05, 3.63) is 0 Å². The van der Waals surface area contributed by atoms with Crippen molar-refractivity contribution in [3.63, 3.8) is 0 Å². The van der Waals surface area contributed by atoms with Crippen LogP contribution in [-0.2, 0) is 19.1 Å². The number of nitrogens with zero attached hydrogens (tertiary/aromatic N) is 1. The quantitative estimate of drug-likeness (QED) is 0.286. The third-order valence-electron chi connectivity index (χ3n) is 4.35. The maximum Gasteiger partial charge on any atom is 0.320 e. The fourth-order valence-electron chi connectivity index (χ4n) is 2.83. The van der Waals surface area contributed by atoms with Gasteiger partial charge in [0.2, 0.25) is 0 Å². The molecule has 0 aliphatic carbocycles. The van der Waals surface area contributed by atoms with Crippen molar-refractivity contribution in [2.45, 2.75) is 84.5 Å². The monoisotopic (exact) mass is 357 g/mol. The van der Waals surface area contributed by atoms with Gasteiger partial charge in [-0.2, -0.15) is 0 Å². The van der Waals surface area contributed by atoms with E-state index in [9.17, 15) is 9.59 Å². The van der Waals surface area contributed by atoms with E-state index in [1.165, 1.54) is 64.9 Å². The van der Waals surface area contributed by atoms with Gasteiger partial charge < -0.3 is 9.47 Å². The molecule has 0 aromatic heterocycles. The molecule has 0 saturated carbocycles. The molecule has 0 N–H and O–H groups in total. The van der Waals surface area contributed by atoms with Crippen molar-refractivity contribution in [3.8, 4) is 0 Å². The van der Waals surface area contributed by atoms with E-state index in [0.717, 1.165) is 13.0 Å². The van der Waals surface area contributed by atoms with Crippen molar-refractivity contribution in [2.75, 3.05) is 33.4 Å². The molecule has 0 unspecified atom stereocenters. The van der Waals surface area contributed by atoms with E-state index in [1.807, 2.05) is 4.90 Å². The van der Waals surface area contributed by atoms with E-state index >= 15 is 0 Å². The molecule has 0 heterocycles. The normalized spacial score (nSPS) is 10.9. The Kier molecular flexibility index (Phi) is 16.9. The molecule has 0 rings (SSSR count). The SMILES string of the molecule is CCCCCCCCCCCCN(CCC(=O)OC)CC(=O)OCC. The van der Waals surface area contributed by atoms with Crippen LogP contribution in [0.2, 0.25) is 0 Å². The van der Waals surface area contributed by atoms with Crippen LogP contribution in [0.1, 0.15) is 84.5 Å². The Hall–Kier alpha value is -1.10. The Bertz CT molecular complexity index is 334. The predicted molar refractivity (Wildman–Crippen MR) is 102 cm³/mol. The number of rotatable bonds is 17. The van der Waals surface area contributed by atoms with Gasteiger partial charge in [0.25, 0.3) is 0 Å². The Morgan fingerprint density at radius 2 is 1.32 bits per heavy atom. The van der Waals surface area contributed by atoms with E-state index in [1.54, 1.807) is 6.92 Å². The number of hydrogen-bond donors (Lipinski definition) is 0. The Morgan fingerprint density at radius 1 is 0.760 bits per heavy atom. The van der Waals surface area contributed by atoms with Crippen molar-refractivity contribution < 1.29 is 19.1 Å². The van der Waals surface area contributed by atoms with Crippen LogP contribution in [0.15, 0.2) is 0 Å². The van der Waals surface area contributed by atoms with Crippen LogP contribution in [0.3, 0.4) is 0 Å². The van der Waals surface area contributed by atoms with E-state index in [4.69, 9.17) is 4.74 Å². The van der Waals surface area contributed by atoms with Gasteiger partial charge in [-0.25, -0.2) is 0 Å². The molecule has 5 nitrogen and oxygen atoms in total. The average Bonchev–Trinajstić information content (AvgIpc) is 2.60. The Morgan fingerprint density at radius 3 is 1.84 bits per heavy atom. The van der Waals surface area contributed by atoms with Crippen molar-refractivity contribution in [2.24, 2.45) is 0 Å². The fraction of sp³-hybridized carbons (Fsp3) is 0.900. The summed E-state index contributed by atoms with van der Waals surface area (Å²) in [7, 11) is 1.39. The minimum atomic E-state index is -0.239. The molecule has 0 aromatic rings. The molecule has 148 valence electrons. The molecule has 0 spiro atoms. The summed E-state index contributed by atoms with van der Waals surface area (Å²) in [5, 5.41) is 0. The summed E-state index contributed by atoms with van der Waals surface area (Å²) in [5.74, 6) is -0.462. The van der Waals surface area contributed by atoms with Gasteiger partial charge >= 0.3 is 11.9 Å². The van der Waals surface area contributed by atoms with Crippen molar-refractivity contribution >= 4 is 11.9 Å². The Balaban J connectivity index is 3.81. The second-order valence-corrected chi connectivity index (χ2v) is 6.59. The van der Waals surface area contributed by atoms with Gasteiger partial charge in [-0.1, -0.05) is 64.7 Å². The standard InChI is InChI=1S/C20H39NO4/c1-4-6-7-8-9-10-11-12-13-14-16-21(17-15-19(22)24-3)18-20(23)25-5-2/h4-18H2,1-3H3. The lowest BCUT2D eigenvalue weighted by Gasteiger charge is -2.20. The first-order valence-corrected chi connectivity index (χ1v) is 10.1. The summed E-state index contributed by atoms with van der Waals surface area (Å²) in [5.41, 5.74) is 0. The number of ether oxygens (including phenoxy) is 2. The molecule has 5 heteroatoms. The van der Waals surface area contributed by atoms with Crippen molar-refractivity contribution in [1.29, 1.82) is 0 Å². The second kappa shape index (κ2) is 17.7. The van der Waals surface area contributed by atoms with Gasteiger partial charge in [-0.05, 0) is 19.9 Å². The number of carbonyl (C=O) groups excluding carboxylic acids is 2. The third-order valence-corrected chi connectivity index (χ3v) is 4.35. The Labute approximate surface area is 154 Å². The first-order chi connectivity index (χ1) is 12.1. The summed E-state index contributed by atoms with van der Waals surface area (Å²) in [6, 6.07) is 0. The summed E-state index contributed by atoms with van der Waals surface area (Å²) in [6.07, 6.45) is 13.2. The van der Waals surface area contributed by atoms with Gasteiger partial charge in [0.1, 0.15) is 0 Å². The molecule has 0 aliphatic rings. The van der Waals surface area contributed by atoms with Gasteiger partial charge in [0, 0.05) is 6.54 Å². The van der Waals surface area contributed by atoms with Gasteiger partial charge in [-0.15, -0.1) is 0 Å². The molecule has 0 aromatic carbocycles. The van der Waals surface area contributed by atoms with Crippen LogP contribution in [-0.4, -0.2) is 50.2 Å². The smallest absolute Gasteiger partial charge is 0.320 e. The average molecular weight is 358 g/mol. The van der Waals surface area contributed by atoms with E-state index in [0.29, 0.717) is 19.6 Å². The maximum absolute atomic E-state index is 11.7. The highest BCUT2D eigenvalue weighted by Crippen LogP contribution is 2.11. The van der Waals surface area contributed by atoms with Crippen LogP contribution in [0.5, 0.6) is 0 Å². The molecular formula is C20H39NO4. The maximum atomic E-state index is 11.7. The number of carbonyl (C=O) groups is 2. The third kappa shape index (κ3) is 16.1. The van der Waals surface area contributed by atoms with Crippen LogP contribution < -0.4 is 0 Å². The molecule has 0 amide bonds.